The molecule has 1 aliphatic heterocycles. The van der Waals surface area contributed by atoms with E-state index in [0.29, 0.717) is 43.0 Å². The molecule has 0 bridgehead atoms. The number of hydrogen-bond acceptors (Lipinski definition) is 5. The fraction of sp³-hybridized carbons (Fsp3) is 0.240. The molecule has 1 N–H and O–H groups in total. The second-order valence-electron chi connectivity index (χ2n) is 8.38. The van der Waals surface area contributed by atoms with Gasteiger partial charge in [-0.2, -0.15) is 4.68 Å². The summed E-state index contributed by atoms with van der Waals surface area (Å²) in [4.78, 5) is 27.8. The summed E-state index contributed by atoms with van der Waals surface area (Å²) in [6.45, 7) is 2.66. The van der Waals surface area contributed by atoms with Gasteiger partial charge < -0.3 is 10.2 Å². The van der Waals surface area contributed by atoms with Crippen molar-refractivity contribution in [3.8, 4) is 5.69 Å². The highest BCUT2D eigenvalue weighted by molar-refractivity contribution is 6.07. The number of carbonyl (C=O) groups is 2. The third-order valence-corrected chi connectivity index (χ3v) is 6.25. The SMILES string of the molecule is Cc1nnnn1-c1ccc(F)c(NC(=O)C2CCN(C(=O)c3cccc4ccccc34)CC2)c1. The van der Waals surface area contributed by atoms with E-state index in [4.69, 9.17) is 0 Å². The summed E-state index contributed by atoms with van der Waals surface area (Å²) in [5.74, 6) is -0.596. The van der Waals surface area contributed by atoms with Crippen LogP contribution < -0.4 is 5.32 Å². The van der Waals surface area contributed by atoms with Gasteiger partial charge in [-0.05, 0) is 65.2 Å². The van der Waals surface area contributed by atoms with E-state index in [1.54, 1.807) is 17.9 Å². The van der Waals surface area contributed by atoms with Crippen LogP contribution in [-0.4, -0.2) is 50.0 Å². The number of halogens is 1. The number of piperidine rings is 1. The van der Waals surface area contributed by atoms with E-state index in [-0.39, 0.29) is 23.4 Å². The number of likely N-dealkylation sites (tertiary alicyclic amines) is 1. The lowest BCUT2D eigenvalue weighted by Crippen LogP contribution is -2.41. The summed E-state index contributed by atoms with van der Waals surface area (Å²) in [6, 6.07) is 17.8. The van der Waals surface area contributed by atoms with Crippen LogP contribution in [0.3, 0.4) is 0 Å². The third-order valence-electron chi connectivity index (χ3n) is 6.25. The molecule has 1 fully saturated rings. The molecule has 172 valence electrons. The maximum Gasteiger partial charge on any atom is 0.254 e. The van der Waals surface area contributed by atoms with Gasteiger partial charge in [0, 0.05) is 24.6 Å². The van der Waals surface area contributed by atoms with Crippen LogP contribution in [0.25, 0.3) is 16.5 Å². The van der Waals surface area contributed by atoms with Crippen LogP contribution in [0.2, 0.25) is 0 Å². The van der Waals surface area contributed by atoms with Crippen molar-refractivity contribution < 1.29 is 14.0 Å². The molecule has 0 radical (unpaired) electrons. The Morgan fingerprint density at radius 2 is 1.79 bits per heavy atom. The van der Waals surface area contributed by atoms with Crippen molar-refractivity contribution in [2.75, 3.05) is 18.4 Å². The fourth-order valence-corrected chi connectivity index (χ4v) is 4.37. The summed E-state index contributed by atoms with van der Waals surface area (Å²) in [6.07, 6.45) is 1.02. The largest absolute Gasteiger partial charge is 0.339 e. The van der Waals surface area contributed by atoms with Crippen LogP contribution in [-0.2, 0) is 4.79 Å². The van der Waals surface area contributed by atoms with Crippen LogP contribution in [0.15, 0.2) is 60.7 Å². The summed E-state index contributed by atoms with van der Waals surface area (Å²) in [7, 11) is 0. The predicted octanol–water partition coefficient (Wildman–Crippen LogP) is 3.75. The summed E-state index contributed by atoms with van der Waals surface area (Å²) in [5.41, 5.74) is 1.29. The molecule has 5 rings (SSSR count). The number of nitrogens with one attached hydrogen (secondary N) is 1. The first-order valence-electron chi connectivity index (χ1n) is 11.1. The number of fused-ring (bicyclic) bond motifs is 1. The molecule has 2 amide bonds. The minimum atomic E-state index is -0.536. The Morgan fingerprint density at radius 3 is 2.56 bits per heavy atom. The molecule has 34 heavy (non-hydrogen) atoms. The van der Waals surface area contributed by atoms with E-state index in [0.717, 1.165) is 10.8 Å². The van der Waals surface area contributed by atoms with Crippen molar-refractivity contribution in [3.63, 3.8) is 0 Å². The fourth-order valence-electron chi connectivity index (χ4n) is 4.37. The number of nitrogens with zero attached hydrogens (tertiary/aromatic N) is 5. The third kappa shape index (κ3) is 4.12. The number of anilines is 1. The van der Waals surface area contributed by atoms with Gasteiger partial charge in [-0.25, -0.2) is 4.39 Å². The minimum Gasteiger partial charge on any atom is -0.339 e. The summed E-state index contributed by atoms with van der Waals surface area (Å²) in [5, 5.41) is 15.9. The minimum absolute atomic E-state index is 0.0359. The number of hydrogen-bond donors (Lipinski definition) is 1. The first-order chi connectivity index (χ1) is 16.5. The number of rotatable bonds is 4. The number of aryl methyl sites for hydroxylation is 1. The monoisotopic (exact) mass is 458 g/mol. The Kier molecular flexibility index (Phi) is 5.75. The molecular formula is C25H23FN6O2. The van der Waals surface area contributed by atoms with Crippen LogP contribution >= 0.6 is 0 Å². The van der Waals surface area contributed by atoms with Crippen LogP contribution in [0.4, 0.5) is 10.1 Å². The van der Waals surface area contributed by atoms with E-state index >= 15 is 0 Å². The number of carbonyl (C=O) groups excluding carboxylic acids is 2. The van der Waals surface area contributed by atoms with Crippen molar-refractivity contribution in [1.82, 2.24) is 25.1 Å². The van der Waals surface area contributed by atoms with E-state index in [9.17, 15) is 14.0 Å². The molecule has 0 atom stereocenters. The van der Waals surface area contributed by atoms with Gasteiger partial charge in [0.1, 0.15) is 5.82 Å². The standard InChI is InChI=1S/C25H23FN6O2/c1-16-28-29-30-32(16)19-9-10-22(26)23(15-19)27-24(33)18-11-13-31(14-12-18)25(34)21-8-4-6-17-5-2-3-7-20(17)21/h2-10,15,18H,11-14H2,1H3,(H,27,33). The molecule has 3 aromatic carbocycles. The zero-order valence-corrected chi connectivity index (χ0v) is 18.6. The van der Waals surface area contributed by atoms with E-state index in [1.807, 2.05) is 42.5 Å². The van der Waals surface area contributed by atoms with E-state index in [2.05, 4.69) is 20.8 Å². The van der Waals surface area contributed by atoms with Gasteiger partial charge in [-0.1, -0.05) is 36.4 Å². The average molecular weight is 458 g/mol. The Morgan fingerprint density at radius 1 is 1.03 bits per heavy atom. The van der Waals surface area contributed by atoms with E-state index < -0.39 is 5.82 Å². The van der Waals surface area contributed by atoms with Crippen molar-refractivity contribution >= 4 is 28.3 Å². The van der Waals surface area contributed by atoms with Gasteiger partial charge in [0.15, 0.2) is 5.82 Å². The zero-order valence-electron chi connectivity index (χ0n) is 18.6. The number of aromatic nitrogens is 4. The maximum atomic E-state index is 14.4. The van der Waals surface area contributed by atoms with Crippen molar-refractivity contribution in [2.45, 2.75) is 19.8 Å². The maximum absolute atomic E-state index is 14.4. The van der Waals surface area contributed by atoms with Gasteiger partial charge in [0.05, 0.1) is 11.4 Å². The smallest absolute Gasteiger partial charge is 0.254 e. The molecule has 2 heterocycles. The predicted molar refractivity (Wildman–Crippen MR) is 125 cm³/mol. The molecule has 1 aliphatic rings. The topological polar surface area (TPSA) is 93.0 Å². The van der Waals surface area contributed by atoms with Crippen molar-refractivity contribution in [1.29, 1.82) is 0 Å². The Hall–Kier alpha value is -4.14. The average Bonchev–Trinajstić information content (AvgIpc) is 3.30. The summed E-state index contributed by atoms with van der Waals surface area (Å²) >= 11 is 0. The molecule has 8 nitrogen and oxygen atoms in total. The molecule has 1 aromatic heterocycles. The lowest BCUT2D eigenvalue weighted by molar-refractivity contribution is -0.121. The molecule has 0 spiro atoms. The Balaban J connectivity index is 1.25. The van der Waals surface area contributed by atoms with Crippen LogP contribution in [0, 0.1) is 18.7 Å². The molecular weight excluding hydrogens is 435 g/mol. The Bertz CT molecular complexity index is 1370. The highest BCUT2D eigenvalue weighted by Crippen LogP contribution is 2.26. The first-order valence-corrected chi connectivity index (χ1v) is 11.1. The van der Waals surface area contributed by atoms with Gasteiger partial charge in [0.25, 0.3) is 5.91 Å². The molecule has 0 unspecified atom stereocenters. The molecule has 9 heteroatoms. The first kappa shape index (κ1) is 21.7. The zero-order chi connectivity index (χ0) is 23.7. The summed E-state index contributed by atoms with van der Waals surface area (Å²) < 4.78 is 15.9. The molecule has 0 aliphatic carbocycles. The molecule has 4 aromatic rings. The van der Waals surface area contributed by atoms with Gasteiger partial charge in [-0.3, -0.25) is 9.59 Å². The highest BCUT2D eigenvalue weighted by Gasteiger charge is 2.29. The number of tetrazole rings is 1. The van der Waals surface area contributed by atoms with Crippen molar-refractivity contribution in [3.05, 3.63) is 77.9 Å². The quantitative estimate of drug-likeness (QED) is 0.503. The number of benzene rings is 3. The normalized spacial score (nSPS) is 14.4. The van der Waals surface area contributed by atoms with Gasteiger partial charge >= 0.3 is 0 Å². The Labute approximate surface area is 195 Å². The van der Waals surface area contributed by atoms with E-state index in [1.165, 1.54) is 16.8 Å². The lowest BCUT2D eigenvalue weighted by atomic mass is 9.94. The van der Waals surface area contributed by atoms with Crippen molar-refractivity contribution in [2.24, 2.45) is 5.92 Å². The van der Waals surface area contributed by atoms with Gasteiger partial charge in [0.2, 0.25) is 5.91 Å². The van der Waals surface area contributed by atoms with Crippen LogP contribution in [0.5, 0.6) is 0 Å². The van der Waals surface area contributed by atoms with Gasteiger partial charge in [-0.15, -0.1) is 5.10 Å². The second kappa shape index (κ2) is 9.01. The highest BCUT2D eigenvalue weighted by atomic mass is 19.1. The second-order valence-corrected chi connectivity index (χ2v) is 8.38. The van der Waals surface area contributed by atoms with Crippen LogP contribution in [0.1, 0.15) is 29.0 Å². The molecule has 0 saturated carbocycles. The number of amides is 2. The molecule has 1 saturated heterocycles. The lowest BCUT2D eigenvalue weighted by Gasteiger charge is -2.31.